The van der Waals surface area contributed by atoms with Gasteiger partial charge >= 0.3 is 5.97 Å². The molecule has 2 aromatic heterocycles. The van der Waals surface area contributed by atoms with Crippen molar-refractivity contribution >= 4 is 28.7 Å². The molecule has 4 rings (SSSR count). The molecule has 0 bridgehead atoms. The molecular formula is C25H26N6O5. The van der Waals surface area contributed by atoms with Gasteiger partial charge in [0.2, 0.25) is 11.7 Å². The molecule has 1 atom stereocenters. The zero-order valence-electron chi connectivity index (χ0n) is 20.0. The molecule has 1 unspecified atom stereocenters. The molecule has 1 fully saturated rings. The fourth-order valence-corrected chi connectivity index (χ4v) is 3.95. The summed E-state index contributed by atoms with van der Waals surface area (Å²) in [7, 11) is 3.12. The van der Waals surface area contributed by atoms with Crippen molar-refractivity contribution < 1.29 is 24.2 Å². The number of aliphatic carboxylic acids is 1. The van der Waals surface area contributed by atoms with Crippen LogP contribution in [0.2, 0.25) is 0 Å². The molecule has 1 aliphatic heterocycles. The summed E-state index contributed by atoms with van der Waals surface area (Å²) in [5.74, 6) is 6.85. The number of carboxylic acid groups (broad SMARTS) is 1. The molecule has 0 spiro atoms. The number of rotatable bonds is 8. The highest BCUT2D eigenvalue weighted by Crippen LogP contribution is 2.28. The van der Waals surface area contributed by atoms with E-state index in [0.717, 1.165) is 0 Å². The van der Waals surface area contributed by atoms with Gasteiger partial charge in [-0.05, 0) is 30.6 Å². The SMILES string of the molecule is C=CC(=O)N1CCC(n2ncc3c(NCCC(=O)O)nc(C#Cc4cc(OC)cc(OC)c4)nc32)C1. The van der Waals surface area contributed by atoms with E-state index in [4.69, 9.17) is 14.6 Å². The normalized spacial score (nSPS) is 14.7. The van der Waals surface area contributed by atoms with E-state index in [2.05, 4.69) is 38.8 Å². The van der Waals surface area contributed by atoms with Crippen molar-refractivity contribution in [2.75, 3.05) is 39.2 Å². The zero-order chi connectivity index (χ0) is 25.7. The summed E-state index contributed by atoms with van der Waals surface area (Å²) < 4.78 is 12.4. The van der Waals surface area contributed by atoms with Crippen LogP contribution in [0, 0.1) is 11.8 Å². The lowest BCUT2D eigenvalue weighted by molar-refractivity contribution is -0.136. The molecule has 11 heteroatoms. The maximum atomic E-state index is 12.0. The van der Waals surface area contributed by atoms with Crippen LogP contribution in [0.25, 0.3) is 11.0 Å². The largest absolute Gasteiger partial charge is 0.497 e. The molecule has 3 aromatic rings. The van der Waals surface area contributed by atoms with Gasteiger partial charge in [0.1, 0.15) is 17.3 Å². The highest BCUT2D eigenvalue weighted by atomic mass is 16.5. The van der Waals surface area contributed by atoms with Crippen molar-refractivity contribution in [3.8, 4) is 23.3 Å². The van der Waals surface area contributed by atoms with Gasteiger partial charge in [0.25, 0.3) is 0 Å². The Kier molecular flexibility index (Phi) is 7.34. The predicted molar refractivity (Wildman–Crippen MR) is 132 cm³/mol. The van der Waals surface area contributed by atoms with Gasteiger partial charge in [-0.1, -0.05) is 12.5 Å². The summed E-state index contributed by atoms with van der Waals surface area (Å²) in [6.07, 6.45) is 3.58. The third-order valence-electron chi connectivity index (χ3n) is 5.75. The lowest BCUT2D eigenvalue weighted by Crippen LogP contribution is -2.27. The smallest absolute Gasteiger partial charge is 0.305 e. The lowest BCUT2D eigenvalue weighted by Gasteiger charge is -2.15. The first kappa shape index (κ1) is 24.5. The topological polar surface area (TPSA) is 132 Å². The van der Waals surface area contributed by atoms with Gasteiger partial charge in [-0.2, -0.15) is 5.10 Å². The number of carbonyl (C=O) groups excluding carboxylic acids is 1. The Morgan fingerprint density at radius 3 is 2.64 bits per heavy atom. The van der Waals surface area contributed by atoms with Crippen molar-refractivity contribution in [3.05, 3.63) is 48.4 Å². The second kappa shape index (κ2) is 10.8. The number of carboxylic acids is 1. The quantitative estimate of drug-likeness (QED) is 0.360. The van der Waals surface area contributed by atoms with Crippen molar-refractivity contribution in [1.82, 2.24) is 24.6 Å². The molecule has 1 saturated heterocycles. The Morgan fingerprint density at radius 2 is 1.97 bits per heavy atom. The number of hydrogen-bond donors (Lipinski definition) is 2. The van der Waals surface area contributed by atoms with E-state index < -0.39 is 5.97 Å². The molecule has 1 aliphatic rings. The van der Waals surface area contributed by atoms with E-state index in [-0.39, 0.29) is 30.7 Å². The number of nitrogens with zero attached hydrogens (tertiary/aromatic N) is 5. The van der Waals surface area contributed by atoms with Crippen LogP contribution in [0.5, 0.6) is 11.5 Å². The first-order valence-electron chi connectivity index (χ1n) is 11.3. The Balaban J connectivity index is 1.72. The number of carbonyl (C=O) groups is 2. The summed E-state index contributed by atoms with van der Waals surface area (Å²) in [6.45, 7) is 4.81. The van der Waals surface area contributed by atoms with Gasteiger partial charge in [0.15, 0.2) is 5.65 Å². The summed E-state index contributed by atoms with van der Waals surface area (Å²) in [5, 5.41) is 17.2. The van der Waals surface area contributed by atoms with Crippen LogP contribution in [-0.2, 0) is 9.59 Å². The van der Waals surface area contributed by atoms with Crippen LogP contribution in [0.1, 0.15) is 30.3 Å². The maximum absolute atomic E-state index is 12.0. The molecule has 1 amide bonds. The van der Waals surface area contributed by atoms with Crippen molar-refractivity contribution in [2.45, 2.75) is 18.9 Å². The molecule has 3 heterocycles. The molecule has 2 N–H and O–H groups in total. The molecule has 0 saturated carbocycles. The first-order valence-corrected chi connectivity index (χ1v) is 11.3. The Labute approximate surface area is 207 Å². The first-order chi connectivity index (χ1) is 17.4. The van der Waals surface area contributed by atoms with Crippen molar-refractivity contribution in [3.63, 3.8) is 0 Å². The van der Waals surface area contributed by atoms with Crippen molar-refractivity contribution in [2.24, 2.45) is 0 Å². The van der Waals surface area contributed by atoms with Crippen LogP contribution in [0.4, 0.5) is 5.82 Å². The van der Waals surface area contributed by atoms with Crippen LogP contribution in [0.15, 0.2) is 37.1 Å². The monoisotopic (exact) mass is 490 g/mol. The molecule has 11 nitrogen and oxygen atoms in total. The number of ether oxygens (including phenoxy) is 2. The number of methoxy groups -OCH3 is 2. The number of fused-ring (bicyclic) bond motifs is 1. The minimum absolute atomic E-state index is 0.0726. The van der Waals surface area contributed by atoms with Gasteiger partial charge in [-0.15, -0.1) is 0 Å². The van der Waals surface area contributed by atoms with Gasteiger partial charge in [-0.3, -0.25) is 9.59 Å². The van der Waals surface area contributed by atoms with Gasteiger partial charge < -0.3 is 24.8 Å². The van der Waals surface area contributed by atoms with E-state index in [1.165, 1.54) is 6.08 Å². The van der Waals surface area contributed by atoms with E-state index in [1.807, 2.05) is 0 Å². The summed E-state index contributed by atoms with van der Waals surface area (Å²) in [4.78, 5) is 33.9. The van der Waals surface area contributed by atoms with Crippen LogP contribution >= 0.6 is 0 Å². The number of anilines is 1. The third-order valence-corrected chi connectivity index (χ3v) is 5.75. The summed E-state index contributed by atoms with van der Waals surface area (Å²) in [5.41, 5.74) is 1.20. The zero-order valence-corrected chi connectivity index (χ0v) is 20.0. The second-order valence-corrected chi connectivity index (χ2v) is 8.07. The van der Waals surface area contributed by atoms with Crippen LogP contribution in [-0.4, -0.2) is 75.5 Å². The lowest BCUT2D eigenvalue weighted by atomic mass is 10.2. The fraction of sp³-hybridized carbons (Fsp3) is 0.320. The second-order valence-electron chi connectivity index (χ2n) is 8.07. The van der Waals surface area contributed by atoms with E-state index in [0.29, 0.717) is 53.4 Å². The average Bonchev–Trinajstić information content (AvgIpc) is 3.54. The Hall–Kier alpha value is -4.59. The summed E-state index contributed by atoms with van der Waals surface area (Å²) in [6, 6.07) is 5.22. The average molecular weight is 491 g/mol. The molecule has 186 valence electrons. The molecule has 36 heavy (non-hydrogen) atoms. The number of amides is 1. The van der Waals surface area contributed by atoms with Gasteiger partial charge in [0.05, 0.1) is 38.3 Å². The number of benzene rings is 1. The third kappa shape index (κ3) is 5.38. The standard InChI is InChI=1S/C25H26N6O5/c1-4-22(32)30-10-8-17(15-30)31-25-20(14-27-31)24(26-9-7-23(33)34)28-21(29-25)6-5-16-11-18(35-2)13-19(12-16)36-3/h4,11-14,17H,1,7-10,15H2,2-3H3,(H,33,34)(H,26,28,29). The minimum Gasteiger partial charge on any atom is -0.497 e. The Bertz CT molecular complexity index is 1350. The van der Waals surface area contributed by atoms with Crippen molar-refractivity contribution in [1.29, 1.82) is 0 Å². The maximum Gasteiger partial charge on any atom is 0.305 e. The Morgan fingerprint density at radius 1 is 1.22 bits per heavy atom. The number of nitrogens with one attached hydrogen (secondary N) is 1. The van der Waals surface area contributed by atoms with Gasteiger partial charge in [0, 0.05) is 31.3 Å². The highest BCUT2D eigenvalue weighted by molar-refractivity contribution is 5.88. The number of likely N-dealkylation sites (tertiary alicyclic amines) is 1. The predicted octanol–water partition coefficient (Wildman–Crippen LogP) is 2.09. The molecular weight excluding hydrogens is 464 g/mol. The summed E-state index contributed by atoms with van der Waals surface area (Å²) >= 11 is 0. The van der Waals surface area contributed by atoms with E-state index in [9.17, 15) is 9.59 Å². The molecule has 0 aliphatic carbocycles. The van der Waals surface area contributed by atoms with E-state index in [1.54, 1.807) is 48.2 Å². The fourth-order valence-electron chi connectivity index (χ4n) is 3.95. The number of hydrogen-bond acceptors (Lipinski definition) is 8. The van der Waals surface area contributed by atoms with E-state index >= 15 is 0 Å². The molecule has 1 aromatic carbocycles. The minimum atomic E-state index is -0.923. The number of aromatic nitrogens is 4. The highest BCUT2D eigenvalue weighted by Gasteiger charge is 2.28. The van der Waals surface area contributed by atoms with Crippen LogP contribution < -0.4 is 14.8 Å². The molecule has 0 radical (unpaired) electrons. The van der Waals surface area contributed by atoms with Crippen LogP contribution in [0.3, 0.4) is 0 Å². The van der Waals surface area contributed by atoms with Gasteiger partial charge in [-0.25, -0.2) is 14.6 Å².